The number of rotatable bonds is 4. The van der Waals surface area contributed by atoms with Gasteiger partial charge in [-0.2, -0.15) is 5.10 Å². The highest BCUT2D eigenvalue weighted by atomic mass is 16.5. The van der Waals surface area contributed by atoms with Crippen molar-refractivity contribution in [2.24, 2.45) is 5.10 Å². The van der Waals surface area contributed by atoms with E-state index in [-0.39, 0.29) is 5.91 Å². The van der Waals surface area contributed by atoms with E-state index in [0.717, 1.165) is 11.3 Å². The number of hydrogen-bond donors (Lipinski definition) is 1. The Morgan fingerprint density at radius 3 is 2.65 bits per heavy atom. The molecule has 2 heterocycles. The third-order valence-electron chi connectivity index (χ3n) is 3.26. The topological polar surface area (TPSA) is 80.6 Å². The van der Waals surface area contributed by atoms with E-state index in [1.165, 1.54) is 6.21 Å². The summed E-state index contributed by atoms with van der Waals surface area (Å²) in [5.41, 5.74) is 4.13. The summed E-state index contributed by atoms with van der Waals surface area (Å²) >= 11 is 0. The SMILES string of the molecule is Cc1ccc(/C=N/NC(=O)c2c(-c3ccccc3)noc2C)o1. The van der Waals surface area contributed by atoms with Crippen LogP contribution in [0.3, 0.4) is 0 Å². The highest BCUT2D eigenvalue weighted by molar-refractivity contribution is 6.01. The summed E-state index contributed by atoms with van der Waals surface area (Å²) in [7, 11) is 0. The van der Waals surface area contributed by atoms with Crippen LogP contribution >= 0.6 is 0 Å². The van der Waals surface area contributed by atoms with E-state index in [4.69, 9.17) is 8.94 Å². The lowest BCUT2D eigenvalue weighted by Gasteiger charge is -2.01. The molecular formula is C17H15N3O3. The average Bonchev–Trinajstić information content (AvgIpc) is 3.14. The molecule has 0 saturated carbocycles. The lowest BCUT2D eigenvalue weighted by atomic mass is 10.1. The molecule has 6 nitrogen and oxygen atoms in total. The molecule has 0 aliphatic rings. The van der Waals surface area contributed by atoms with Gasteiger partial charge in [0, 0.05) is 5.56 Å². The fourth-order valence-electron chi connectivity index (χ4n) is 2.17. The molecule has 23 heavy (non-hydrogen) atoms. The molecule has 0 bridgehead atoms. The van der Waals surface area contributed by atoms with E-state index >= 15 is 0 Å². The molecule has 0 atom stereocenters. The van der Waals surface area contributed by atoms with Crippen molar-refractivity contribution in [3.8, 4) is 11.3 Å². The smallest absolute Gasteiger partial charge is 0.277 e. The Bertz CT molecular complexity index is 847. The zero-order valence-corrected chi connectivity index (χ0v) is 12.7. The van der Waals surface area contributed by atoms with Gasteiger partial charge >= 0.3 is 0 Å². The third kappa shape index (κ3) is 3.21. The number of nitrogens with zero attached hydrogens (tertiary/aromatic N) is 2. The molecule has 0 aliphatic carbocycles. The number of aromatic nitrogens is 1. The summed E-state index contributed by atoms with van der Waals surface area (Å²) in [6.07, 6.45) is 1.44. The molecule has 6 heteroatoms. The van der Waals surface area contributed by atoms with E-state index in [9.17, 15) is 4.79 Å². The highest BCUT2D eigenvalue weighted by Crippen LogP contribution is 2.24. The van der Waals surface area contributed by atoms with E-state index in [0.29, 0.717) is 22.8 Å². The molecule has 116 valence electrons. The van der Waals surface area contributed by atoms with Crippen molar-refractivity contribution in [3.05, 3.63) is 65.3 Å². The minimum atomic E-state index is -0.387. The van der Waals surface area contributed by atoms with Gasteiger partial charge in [-0.1, -0.05) is 35.5 Å². The number of furan rings is 1. The van der Waals surface area contributed by atoms with Crippen molar-refractivity contribution in [2.45, 2.75) is 13.8 Å². The number of hydrogen-bond acceptors (Lipinski definition) is 5. The lowest BCUT2D eigenvalue weighted by Crippen LogP contribution is -2.18. The van der Waals surface area contributed by atoms with E-state index in [2.05, 4.69) is 15.7 Å². The first kappa shape index (κ1) is 14.8. The van der Waals surface area contributed by atoms with Crippen LogP contribution in [-0.4, -0.2) is 17.3 Å². The van der Waals surface area contributed by atoms with Crippen LogP contribution in [-0.2, 0) is 0 Å². The molecule has 0 fully saturated rings. The second-order valence-corrected chi connectivity index (χ2v) is 4.98. The molecule has 0 spiro atoms. The summed E-state index contributed by atoms with van der Waals surface area (Å²) in [6.45, 7) is 3.52. The zero-order chi connectivity index (χ0) is 16.2. The Balaban J connectivity index is 1.80. The molecule has 0 saturated heterocycles. The van der Waals surface area contributed by atoms with Crippen molar-refractivity contribution in [1.82, 2.24) is 10.6 Å². The molecule has 3 aromatic rings. The fraction of sp³-hybridized carbons (Fsp3) is 0.118. The average molecular weight is 309 g/mol. The van der Waals surface area contributed by atoms with Gasteiger partial charge in [0.1, 0.15) is 28.5 Å². The summed E-state index contributed by atoms with van der Waals surface area (Å²) in [6, 6.07) is 13.0. The Morgan fingerprint density at radius 1 is 1.17 bits per heavy atom. The van der Waals surface area contributed by atoms with E-state index < -0.39 is 0 Å². The normalized spacial score (nSPS) is 11.0. The van der Waals surface area contributed by atoms with Gasteiger partial charge < -0.3 is 8.94 Å². The van der Waals surface area contributed by atoms with Gasteiger partial charge in [-0.15, -0.1) is 0 Å². The maximum absolute atomic E-state index is 12.4. The largest absolute Gasteiger partial charge is 0.460 e. The Kier molecular flexibility index (Phi) is 4.05. The molecule has 1 aromatic carbocycles. The molecule has 0 radical (unpaired) electrons. The maximum Gasteiger partial charge on any atom is 0.277 e. The first-order chi connectivity index (χ1) is 11.1. The molecule has 0 unspecified atom stereocenters. The standard InChI is InChI=1S/C17H15N3O3/c1-11-8-9-14(22-11)10-18-19-17(21)15-12(2)23-20-16(15)13-6-4-3-5-7-13/h3-10H,1-2H3,(H,19,21)/b18-10+. The van der Waals surface area contributed by atoms with Gasteiger partial charge in [0.15, 0.2) is 0 Å². The van der Waals surface area contributed by atoms with Gasteiger partial charge in [-0.3, -0.25) is 4.79 Å². The van der Waals surface area contributed by atoms with Crippen LogP contribution in [0.5, 0.6) is 0 Å². The second kappa shape index (κ2) is 6.31. The van der Waals surface area contributed by atoms with Crippen molar-refractivity contribution in [2.75, 3.05) is 0 Å². The van der Waals surface area contributed by atoms with E-state index in [1.807, 2.05) is 43.3 Å². The molecule has 0 aliphatic heterocycles. The monoisotopic (exact) mass is 309 g/mol. The summed E-state index contributed by atoms with van der Waals surface area (Å²) < 4.78 is 10.5. The third-order valence-corrected chi connectivity index (χ3v) is 3.26. The zero-order valence-electron chi connectivity index (χ0n) is 12.7. The van der Waals surface area contributed by atoms with Crippen molar-refractivity contribution in [3.63, 3.8) is 0 Å². The second-order valence-electron chi connectivity index (χ2n) is 4.98. The summed E-state index contributed by atoms with van der Waals surface area (Å²) in [5.74, 6) is 1.39. The number of carbonyl (C=O) groups is 1. The quantitative estimate of drug-likeness (QED) is 0.592. The van der Waals surface area contributed by atoms with Crippen molar-refractivity contribution in [1.29, 1.82) is 0 Å². The van der Waals surface area contributed by atoms with Crippen molar-refractivity contribution >= 4 is 12.1 Å². The van der Waals surface area contributed by atoms with Crippen molar-refractivity contribution < 1.29 is 13.7 Å². The number of carbonyl (C=O) groups excluding carboxylic acids is 1. The van der Waals surface area contributed by atoms with Gasteiger partial charge in [0.2, 0.25) is 0 Å². The maximum atomic E-state index is 12.4. The summed E-state index contributed by atoms with van der Waals surface area (Å²) in [4.78, 5) is 12.4. The molecule has 2 aromatic heterocycles. The fourth-order valence-corrected chi connectivity index (χ4v) is 2.17. The summed E-state index contributed by atoms with van der Waals surface area (Å²) in [5, 5.41) is 7.87. The van der Waals surface area contributed by atoms with Crippen LogP contribution in [0.25, 0.3) is 11.3 Å². The highest BCUT2D eigenvalue weighted by Gasteiger charge is 2.21. The number of amides is 1. The number of hydrazone groups is 1. The van der Waals surface area contributed by atoms with Crippen LogP contribution < -0.4 is 5.43 Å². The minimum Gasteiger partial charge on any atom is -0.460 e. The van der Waals surface area contributed by atoms with Crippen LogP contribution in [0.15, 0.2) is 56.5 Å². The number of aryl methyl sites for hydroxylation is 2. The predicted molar refractivity (Wildman–Crippen MR) is 85.2 cm³/mol. The van der Waals surface area contributed by atoms with Crippen LogP contribution in [0, 0.1) is 13.8 Å². The molecule has 1 amide bonds. The number of nitrogens with one attached hydrogen (secondary N) is 1. The van der Waals surface area contributed by atoms with Gasteiger partial charge in [0.25, 0.3) is 5.91 Å². The number of benzene rings is 1. The van der Waals surface area contributed by atoms with Gasteiger partial charge in [-0.25, -0.2) is 5.43 Å². The van der Waals surface area contributed by atoms with Crippen LogP contribution in [0.1, 0.15) is 27.6 Å². The van der Waals surface area contributed by atoms with Crippen LogP contribution in [0.4, 0.5) is 0 Å². The Labute approximate surface area is 132 Å². The first-order valence-electron chi connectivity index (χ1n) is 7.06. The van der Waals surface area contributed by atoms with E-state index in [1.54, 1.807) is 13.0 Å². The molecule has 3 rings (SSSR count). The first-order valence-corrected chi connectivity index (χ1v) is 7.06. The predicted octanol–water partition coefficient (Wildman–Crippen LogP) is 3.32. The Hall–Kier alpha value is -3.15. The van der Waals surface area contributed by atoms with Gasteiger partial charge in [-0.05, 0) is 26.0 Å². The van der Waals surface area contributed by atoms with Crippen LogP contribution in [0.2, 0.25) is 0 Å². The van der Waals surface area contributed by atoms with Gasteiger partial charge in [0.05, 0.1) is 6.21 Å². The lowest BCUT2D eigenvalue weighted by molar-refractivity contribution is 0.0954. The molecular weight excluding hydrogens is 294 g/mol. The minimum absolute atomic E-state index is 0.365. The Morgan fingerprint density at radius 2 is 1.96 bits per heavy atom. The molecule has 1 N–H and O–H groups in total.